The molecule has 0 unspecified atom stereocenters. The number of fused-ring (bicyclic) bond motifs is 1. The van der Waals surface area contributed by atoms with Crippen molar-refractivity contribution in [2.45, 2.75) is 45.2 Å². The van der Waals surface area contributed by atoms with Crippen LogP contribution in [-0.2, 0) is 9.53 Å². The molecule has 158 valence electrons. The summed E-state index contributed by atoms with van der Waals surface area (Å²) in [6, 6.07) is 5.50. The zero-order valence-electron chi connectivity index (χ0n) is 17.6. The first-order valence-electron chi connectivity index (χ1n) is 10.5. The van der Waals surface area contributed by atoms with E-state index in [1.54, 1.807) is 0 Å². The van der Waals surface area contributed by atoms with Gasteiger partial charge in [-0.3, -0.25) is 4.79 Å². The van der Waals surface area contributed by atoms with Gasteiger partial charge in [0.25, 0.3) is 0 Å². The normalized spacial score (nSPS) is 19.4. The van der Waals surface area contributed by atoms with Gasteiger partial charge in [-0.05, 0) is 48.4 Å². The largest absolute Gasteiger partial charge is 0.453 e. The topological polar surface area (TPSA) is 87.3 Å². The molecule has 1 aliphatic heterocycles. The van der Waals surface area contributed by atoms with Crippen LogP contribution in [0.2, 0.25) is 0 Å². The number of likely N-dealkylation sites (tertiary alicyclic amines) is 1. The van der Waals surface area contributed by atoms with Gasteiger partial charge in [-0.1, -0.05) is 38.1 Å². The molecular weight excluding hydrogens is 380 g/mol. The van der Waals surface area contributed by atoms with Crippen LogP contribution in [0.1, 0.15) is 50.5 Å². The number of nitrogens with zero attached hydrogens (tertiary/aromatic N) is 2. The minimum atomic E-state index is -0.629. The van der Waals surface area contributed by atoms with Crippen LogP contribution in [0.15, 0.2) is 36.4 Å². The number of methoxy groups -OCH3 is 1. The van der Waals surface area contributed by atoms with Gasteiger partial charge in [-0.2, -0.15) is 0 Å². The van der Waals surface area contributed by atoms with Gasteiger partial charge in [-0.15, -0.1) is 0 Å². The number of carbonyl (C=O) groups excluding carboxylic acids is 2. The predicted octanol–water partition coefficient (Wildman–Crippen LogP) is 3.95. The standard InChI is InChI=1S/C23H28N4O3/c1-14(2)20(26-23(29)30-3)22(28)27-12-6-9-19(27)21-24-17-11-10-16(13-18(17)25-21)15-7-4-5-8-15/h4-5,7,10-11,13-14,19-20H,6,8-9,12H2,1-3H3,(H,24,25)(H,26,29)/t19-,20-/m0/s1. The van der Waals surface area contributed by atoms with E-state index in [9.17, 15) is 9.59 Å². The third-order valence-corrected chi connectivity index (χ3v) is 5.89. The third kappa shape index (κ3) is 3.84. The summed E-state index contributed by atoms with van der Waals surface area (Å²) in [7, 11) is 1.30. The second-order valence-electron chi connectivity index (χ2n) is 8.23. The molecule has 7 heteroatoms. The smallest absolute Gasteiger partial charge is 0.407 e. The lowest BCUT2D eigenvalue weighted by molar-refractivity contribution is -0.135. The number of alkyl carbamates (subject to hydrolysis) is 1. The maximum atomic E-state index is 13.3. The van der Waals surface area contributed by atoms with Gasteiger partial charge in [0, 0.05) is 6.54 Å². The second kappa shape index (κ2) is 8.34. The molecule has 1 aromatic carbocycles. The van der Waals surface area contributed by atoms with Crippen molar-refractivity contribution in [1.29, 1.82) is 0 Å². The Balaban J connectivity index is 1.58. The van der Waals surface area contributed by atoms with Gasteiger partial charge >= 0.3 is 6.09 Å². The van der Waals surface area contributed by atoms with Crippen molar-refractivity contribution >= 4 is 28.6 Å². The van der Waals surface area contributed by atoms with Crippen LogP contribution in [0.5, 0.6) is 0 Å². The molecule has 0 radical (unpaired) electrons. The summed E-state index contributed by atoms with van der Waals surface area (Å²) in [5.41, 5.74) is 4.35. The van der Waals surface area contributed by atoms with Crippen LogP contribution in [0.3, 0.4) is 0 Å². The fraction of sp³-hybridized carbons (Fsp3) is 0.435. The number of H-pyrrole nitrogens is 1. The number of hydrogen-bond acceptors (Lipinski definition) is 4. The minimum absolute atomic E-state index is 0.0515. The molecule has 2 amide bonds. The minimum Gasteiger partial charge on any atom is -0.453 e. The maximum absolute atomic E-state index is 13.3. The Morgan fingerprint density at radius 3 is 2.87 bits per heavy atom. The van der Waals surface area contributed by atoms with Crippen molar-refractivity contribution in [3.8, 4) is 0 Å². The number of ether oxygens (including phenoxy) is 1. The molecule has 1 aromatic heterocycles. The molecule has 2 heterocycles. The molecular formula is C23H28N4O3. The van der Waals surface area contributed by atoms with E-state index < -0.39 is 12.1 Å². The highest BCUT2D eigenvalue weighted by molar-refractivity contribution is 5.87. The number of rotatable bonds is 5. The average Bonchev–Trinajstić information content (AvgIpc) is 3.49. The second-order valence-corrected chi connectivity index (χ2v) is 8.23. The van der Waals surface area contributed by atoms with E-state index >= 15 is 0 Å². The Hall–Kier alpha value is -3.09. The van der Waals surface area contributed by atoms with E-state index in [4.69, 9.17) is 9.72 Å². The number of nitrogens with one attached hydrogen (secondary N) is 2. The van der Waals surface area contributed by atoms with Gasteiger partial charge in [-0.25, -0.2) is 9.78 Å². The SMILES string of the molecule is COC(=O)N[C@H](C(=O)N1CCC[C@H]1c1nc2ccc(C3=CC=CC3)cc2[nH]1)C(C)C. The highest BCUT2D eigenvalue weighted by Crippen LogP contribution is 2.33. The summed E-state index contributed by atoms with van der Waals surface area (Å²) in [5, 5.41) is 2.68. The van der Waals surface area contributed by atoms with Crippen molar-refractivity contribution in [1.82, 2.24) is 20.2 Å². The van der Waals surface area contributed by atoms with Gasteiger partial charge in [0.2, 0.25) is 5.91 Å². The summed E-state index contributed by atoms with van der Waals surface area (Å²) in [4.78, 5) is 35.0. The molecule has 0 saturated carbocycles. The number of aromatic nitrogens is 2. The molecule has 1 fully saturated rings. The highest BCUT2D eigenvalue weighted by atomic mass is 16.5. The molecule has 2 atom stereocenters. The Morgan fingerprint density at radius 2 is 2.17 bits per heavy atom. The van der Waals surface area contributed by atoms with Crippen molar-refractivity contribution in [2.24, 2.45) is 5.92 Å². The third-order valence-electron chi connectivity index (χ3n) is 5.89. The molecule has 0 bridgehead atoms. The summed E-state index contributed by atoms with van der Waals surface area (Å²) in [6.45, 7) is 4.48. The Bertz CT molecular complexity index is 1020. The fourth-order valence-corrected chi connectivity index (χ4v) is 4.24. The number of allylic oxidation sites excluding steroid dienone is 4. The quantitative estimate of drug-likeness (QED) is 0.784. The summed E-state index contributed by atoms with van der Waals surface area (Å²) < 4.78 is 4.70. The number of aromatic amines is 1. The highest BCUT2D eigenvalue weighted by Gasteiger charge is 2.37. The van der Waals surface area contributed by atoms with E-state index in [1.165, 1.54) is 18.2 Å². The van der Waals surface area contributed by atoms with E-state index in [-0.39, 0.29) is 17.9 Å². The van der Waals surface area contributed by atoms with Crippen LogP contribution in [0.25, 0.3) is 16.6 Å². The Morgan fingerprint density at radius 1 is 1.33 bits per heavy atom. The van der Waals surface area contributed by atoms with Crippen molar-refractivity contribution < 1.29 is 14.3 Å². The lowest BCUT2D eigenvalue weighted by atomic mass is 10.0. The van der Waals surface area contributed by atoms with E-state index in [0.29, 0.717) is 6.54 Å². The Labute approximate surface area is 176 Å². The van der Waals surface area contributed by atoms with Crippen LogP contribution in [0, 0.1) is 5.92 Å². The predicted molar refractivity (Wildman–Crippen MR) is 116 cm³/mol. The van der Waals surface area contributed by atoms with Gasteiger partial charge in [0.1, 0.15) is 11.9 Å². The van der Waals surface area contributed by atoms with E-state index in [0.717, 1.165) is 36.1 Å². The lowest BCUT2D eigenvalue weighted by Gasteiger charge is -2.29. The summed E-state index contributed by atoms with van der Waals surface area (Å²) in [5.74, 6) is 0.651. The van der Waals surface area contributed by atoms with Crippen molar-refractivity contribution in [3.05, 3.63) is 47.8 Å². The zero-order chi connectivity index (χ0) is 21.3. The lowest BCUT2D eigenvalue weighted by Crippen LogP contribution is -2.51. The van der Waals surface area contributed by atoms with Gasteiger partial charge < -0.3 is 19.9 Å². The zero-order valence-corrected chi connectivity index (χ0v) is 17.6. The molecule has 1 aliphatic carbocycles. The number of hydrogen-bond donors (Lipinski definition) is 2. The first kappa shape index (κ1) is 20.2. The van der Waals surface area contributed by atoms with Crippen LogP contribution >= 0.6 is 0 Å². The molecule has 30 heavy (non-hydrogen) atoms. The maximum Gasteiger partial charge on any atom is 0.407 e. The fourth-order valence-electron chi connectivity index (χ4n) is 4.24. The van der Waals surface area contributed by atoms with Crippen molar-refractivity contribution in [2.75, 3.05) is 13.7 Å². The molecule has 2 aliphatic rings. The molecule has 0 spiro atoms. The van der Waals surface area contributed by atoms with Gasteiger partial charge in [0.05, 0.1) is 24.2 Å². The molecule has 1 saturated heterocycles. The summed E-state index contributed by atoms with van der Waals surface area (Å²) >= 11 is 0. The van der Waals surface area contributed by atoms with Gasteiger partial charge in [0.15, 0.2) is 0 Å². The number of benzene rings is 1. The molecule has 2 N–H and O–H groups in total. The number of imidazole rings is 1. The summed E-state index contributed by atoms with van der Waals surface area (Å²) in [6.07, 6.45) is 8.46. The first-order valence-corrected chi connectivity index (χ1v) is 10.5. The van der Waals surface area contributed by atoms with Crippen LogP contribution in [-0.4, -0.2) is 46.6 Å². The number of amides is 2. The van der Waals surface area contributed by atoms with Crippen molar-refractivity contribution in [3.63, 3.8) is 0 Å². The first-order chi connectivity index (χ1) is 14.5. The van der Waals surface area contributed by atoms with Crippen LogP contribution < -0.4 is 5.32 Å². The monoisotopic (exact) mass is 408 g/mol. The number of carbonyl (C=O) groups is 2. The Kier molecular flexibility index (Phi) is 5.61. The molecule has 2 aromatic rings. The van der Waals surface area contributed by atoms with E-state index in [2.05, 4.69) is 40.7 Å². The van der Waals surface area contributed by atoms with E-state index in [1.807, 2.05) is 24.8 Å². The molecule has 7 nitrogen and oxygen atoms in total. The van der Waals surface area contributed by atoms with Crippen LogP contribution in [0.4, 0.5) is 4.79 Å². The molecule has 4 rings (SSSR count). The average molecular weight is 409 g/mol.